The Kier molecular flexibility index (Phi) is 3.77. The normalized spacial score (nSPS) is 17.9. The predicted octanol–water partition coefficient (Wildman–Crippen LogP) is 2.47. The van der Waals surface area contributed by atoms with Gasteiger partial charge < -0.3 is 10.1 Å². The third kappa shape index (κ3) is 2.77. The molecule has 1 aliphatic rings. The molecule has 1 heterocycles. The molecule has 0 bridgehead atoms. The molecule has 2 rings (SSSR count). The third-order valence-corrected chi connectivity index (χ3v) is 2.63. The molecule has 0 aromatic heterocycles. The van der Waals surface area contributed by atoms with Crippen molar-refractivity contribution >= 4 is 5.97 Å². The molecule has 1 aromatic rings. The Morgan fingerprint density at radius 1 is 1.39 bits per heavy atom. The third-order valence-electron chi connectivity index (χ3n) is 2.63. The molecule has 1 unspecified atom stereocenters. The molecule has 0 saturated heterocycles. The van der Waals surface area contributed by atoms with E-state index in [-0.39, 0.29) is 17.8 Å². The number of esters is 1. The Morgan fingerprint density at radius 2 is 2.11 bits per heavy atom. The van der Waals surface area contributed by atoms with Crippen molar-refractivity contribution in [3.63, 3.8) is 0 Å². The van der Waals surface area contributed by atoms with Crippen LogP contribution in [-0.4, -0.2) is 12.6 Å². The van der Waals surface area contributed by atoms with Gasteiger partial charge in [-0.1, -0.05) is 12.1 Å². The van der Waals surface area contributed by atoms with E-state index in [1.807, 2.05) is 0 Å². The fraction of sp³-hybridized carbons (Fsp3) is 0.214. The van der Waals surface area contributed by atoms with Crippen LogP contribution in [0.5, 0.6) is 0 Å². The lowest BCUT2D eigenvalue weighted by Crippen LogP contribution is -2.19. The summed E-state index contributed by atoms with van der Waals surface area (Å²) in [6.07, 6.45) is 5.13. The molecular weight excluding hydrogens is 233 g/mol. The van der Waals surface area contributed by atoms with Gasteiger partial charge in [0.2, 0.25) is 0 Å². The molecule has 1 N–H and O–H groups in total. The maximum absolute atomic E-state index is 12.8. The minimum atomic E-state index is -0.345. The fourth-order valence-electron chi connectivity index (χ4n) is 1.74. The first-order chi connectivity index (χ1) is 8.70. The number of nitrogens with one attached hydrogen (secondary N) is 1. The Morgan fingerprint density at radius 3 is 2.78 bits per heavy atom. The number of hydrogen-bond donors (Lipinski definition) is 1. The number of benzene rings is 1. The van der Waals surface area contributed by atoms with Crippen LogP contribution in [0.2, 0.25) is 0 Å². The van der Waals surface area contributed by atoms with Gasteiger partial charge >= 0.3 is 5.97 Å². The Hall–Kier alpha value is -2.10. The topological polar surface area (TPSA) is 38.3 Å². The Balaban J connectivity index is 2.18. The number of ether oxygens (including phenoxy) is 1. The van der Waals surface area contributed by atoms with Crippen LogP contribution in [0.1, 0.15) is 18.5 Å². The van der Waals surface area contributed by atoms with E-state index in [0.29, 0.717) is 12.2 Å². The molecule has 0 saturated carbocycles. The minimum absolute atomic E-state index is 0.144. The number of carbonyl (C=O) groups is 1. The second-order valence-electron chi connectivity index (χ2n) is 3.87. The highest BCUT2D eigenvalue weighted by molar-refractivity contribution is 5.91. The zero-order valence-electron chi connectivity index (χ0n) is 10.0. The highest BCUT2D eigenvalue weighted by Crippen LogP contribution is 2.20. The highest BCUT2D eigenvalue weighted by atomic mass is 19.1. The van der Waals surface area contributed by atoms with Crippen LogP contribution < -0.4 is 5.32 Å². The summed E-state index contributed by atoms with van der Waals surface area (Å²) >= 11 is 0. The molecule has 1 aromatic carbocycles. The first-order valence-electron chi connectivity index (χ1n) is 5.77. The van der Waals surface area contributed by atoms with Gasteiger partial charge in [-0.2, -0.15) is 0 Å². The Bertz CT molecular complexity index is 491. The van der Waals surface area contributed by atoms with Crippen LogP contribution >= 0.6 is 0 Å². The molecule has 1 atom stereocenters. The van der Waals surface area contributed by atoms with Gasteiger partial charge in [0.15, 0.2) is 0 Å². The number of rotatable bonds is 3. The van der Waals surface area contributed by atoms with E-state index in [0.717, 1.165) is 5.56 Å². The van der Waals surface area contributed by atoms with E-state index in [4.69, 9.17) is 4.74 Å². The Labute approximate surface area is 105 Å². The van der Waals surface area contributed by atoms with Crippen molar-refractivity contribution in [2.45, 2.75) is 13.0 Å². The second-order valence-corrected chi connectivity index (χ2v) is 3.87. The summed E-state index contributed by atoms with van der Waals surface area (Å²) in [5, 5.41) is 3.09. The van der Waals surface area contributed by atoms with Gasteiger partial charge in [-0.3, -0.25) is 0 Å². The van der Waals surface area contributed by atoms with Gasteiger partial charge in [0.25, 0.3) is 0 Å². The number of dihydropyridines is 1. The SMILES string of the molecule is CCOC(=O)C1=CC(c2ccc(F)cc2)NC=C1. The molecule has 0 amide bonds. The zero-order valence-corrected chi connectivity index (χ0v) is 10.0. The van der Waals surface area contributed by atoms with Gasteiger partial charge in [0.1, 0.15) is 5.82 Å². The van der Waals surface area contributed by atoms with Crippen LogP contribution in [0.25, 0.3) is 0 Å². The average Bonchev–Trinajstić information content (AvgIpc) is 2.40. The molecule has 94 valence electrons. The van der Waals surface area contributed by atoms with Crippen molar-refractivity contribution in [1.29, 1.82) is 0 Å². The van der Waals surface area contributed by atoms with Crippen molar-refractivity contribution in [3.8, 4) is 0 Å². The summed E-state index contributed by atoms with van der Waals surface area (Å²) in [4.78, 5) is 11.6. The van der Waals surface area contributed by atoms with Crippen molar-refractivity contribution < 1.29 is 13.9 Å². The van der Waals surface area contributed by atoms with Crippen LogP contribution in [0, 0.1) is 5.82 Å². The molecule has 0 radical (unpaired) electrons. The van der Waals surface area contributed by atoms with Gasteiger partial charge in [-0.05, 0) is 43.0 Å². The largest absolute Gasteiger partial charge is 0.462 e. The van der Waals surface area contributed by atoms with Crippen molar-refractivity contribution in [2.24, 2.45) is 0 Å². The molecule has 1 aliphatic heterocycles. The first-order valence-corrected chi connectivity index (χ1v) is 5.77. The van der Waals surface area contributed by atoms with E-state index in [9.17, 15) is 9.18 Å². The van der Waals surface area contributed by atoms with Crippen LogP contribution in [-0.2, 0) is 9.53 Å². The van der Waals surface area contributed by atoms with E-state index in [2.05, 4.69) is 5.32 Å². The van der Waals surface area contributed by atoms with Gasteiger partial charge in [-0.15, -0.1) is 0 Å². The fourth-order valence-corrected chi connectivity index (χ4v) is 1.74. The standard InChI is InChI=1S/C14H14FNO2/c1-2-18-14(17)11-7-8-16-13(9-11)10-3-5-12(15)6-4-10/h3-9,13,16H,2H2,1H3. The van der Waals surface area contributed by atoms with Gasteiger partial charge in [0.05, 0.1) is 18.2 Å². The average molecular weight is 247 g/mol. The summed E-state index contributed by atoms with van der Waals surface area (Å²) in [7, 11) is 0. The number of hydrogen-bond acceptors (Lipinski definition) is 3. The van der Waals surface area contributed by atoms with E-state index in [1.165, 1.54) is 12.1 Å². The van der Waals surface area contributed by atoms with Crippen LogP contribution in [0.15, 0.2) is 48.2 Å². The predicted molar refractivity (Wildman–Crippen MR) is 66.1 cm³/mol. The van der Waals surface area contributed by atoms with Crippen molar-refractivity contribution in [1.82, 2.24) is 5.32 Å². The summed E-state index contributed by atoms with van der Waals surface area (Å²) in [5.41, 5.74) is 1.40. The quantitative estimate of drug-likeness (QED) is 0.834. The zero-order chi connectivity index (χ0) is 13.0. The lowest BCUT2D eigenvalue weighted by Gasteiger charge is -2.18. The van der Waals surface area contributed by atoms with E-state index >= 15 is 0 Å². The summed E-state index contributed by atoms with van der Waals surface area (Å²) < 4.78 is 17.8. The van der Waals surface area contributed by atoms with Crippen molar-refractivity contribution in [2.75, 3.05) is 6.61 Å². The number of halogens is 1. The lowest BCUT2D eigenvalue weighted by molar-refractivity contribution is -0.138. The maximum atomic E-state index is 12.8. The van der Waals surface area contributed by atoms with Crippen molar-refractivity contribution in [3.05, 3.63) is 59.6 Å². The summed E-state index contributed by atoms with van der Waals surface area (Å²) in [5.74, 6) is -0.623. The molecule has 18 heavy (non-hydrogen) atoms. The monoisotopic (exact) mass is 247 g/mol. The van der Waals surface area contributed by atoms with Crippen LogP contribution in [0.4, 0.5) is 4.39 Å². The molecule has 4 heteroatoms. The molecule has 0 aliphatic carbocycles. The van der Waals surface area contributed by atoms with Crippen LogP contribution in [0.3, 0.4) is 0 Å². The highest BCUT2D eigenvalue weighted by Gasteiger charge is 2.16. The molecule has 0 spiro atoms. The second kappa shape index (κ2) is 5.49. The van der Waals surface area contributed by atoms with E-state index < -0.39 is 0 Å². The van der Waals surface area contributed by atoms with E-state index in [1.54, 1.807) is 37.4 Å². The minimum Gasteiger partial charge on any atom is -0.462 e. The number of carbonyl (C=O) groups excluding carboxylic acids is 1. The first kappa shape index (κ1) is 12.4. The lowest BCUT2D eigenvalue weighted by atomic mass is 10.0. The maximum Gasteiger partial charge on any atom is 0.337 e. The van der Waals surface area contributed by atoms with Gasteiger partial charge in [0, 0.05) is 0 Å². The molecule has 0 fully saturated rings. The molecule has 3 nitrogen and oxygen atoms in total. The van der Waals surface area contributed by atoms with Gasteiger partial charge in [-0.25, -0.2) is 9.18 Å². The molecular formula is C14H14FNO2. The summed E-state index contributed by atoms with van der Waals surface area (Å²) in [6.45, 7) is 2.11. The summed E-state index contributed by atoms with van der Waals surface area (Å²) in [6, 6.07) is 6.02. The smallest absolute Gasteiger partial charge is 0.337 e.